The lowest BCUT2D eigenvalue weighted by Crippen LogP contribution is -2.20. The summed E-state index contributed by atoms with van der Waals surface area (Å²) in [4.78, 5) is 12.4. The van der Waals surface area contributed by atoms with Crippen LogP contribution in [0, 0.1) is 0 Å². The number of benzene rings is 2. The number of rotatable bonds is 4. The Morgan fingerprint density at radius 3 is 2.67 bits per heavy atom. The van der Waals surface area contributed by atoms with Crippen molar-refractivity contribution in [2.75, 3.05) is 13.7 Å². The summed E-state index contributed by atoms with van der Waals surface area (Å²) in [5.41, 5.74) is 0.807. The van der Waals surface area contributed by atoms with E-state index in [2.05, 4.69) is 0 Å². The quantitative estimate of drug-likeness (QED) is 0.895. The zero-order valence-corrected chi connectivity index (χ0v) is 13.4. The molecular formula is C18H18O6. The second-order valence-electron chi connectivity index (χ2n) is 5.41. The summed E-state index contributed by atoms with van der Waals surface area (Å²) >= 11 is 0. The van der Waals surface area contributed by atoms with Gasteiger partial charge in [0, 0.05) is 12.1 Å². The van der Waals surface area contributed by atoms with Gasteiger partial charge in [-0.2, -0.15) is 0 Å². The van der Waals surface area contributed by atoms with E-state index in [9.17, 15) is 15.0 Å². The fourth-order valence-electron chi connectivity index (χ4n) is 2.76. The zero-order chi connectivity index (χ0) is 17.3. The van der Waals surface area contributed by atoms with Crippen LogP contribution in [-0.2, 0) is 0 Å². The number of ketones is 1. The molecule has 0 aromatic heterocycles. The third kappa shape index (κ3) is 2.82. The molecule has 0 saturated carbocycles. The first-order chi connectivity index (χ1) is 11.5. The molecule has 0 bridgehead atoms. The van der Waals surface area contributed by atoms with Crippen LogP contribution in [0.4, 0.5) is 0 Å². The summed E-state index contributed by atoms with van der Waals surface area (Å²) in [6, 6.07) is 7.85. The van der Waals surface area contributed by atoms with Crippen molar-refractivity contribution in [2.45, 2.75) is 19.4 Å². The summed E-state index contributed by atoms with van der Waals surface area (Å²) in [5.74, 6) is 0.643. The second-order valence-corrected chi connectivity index (χ2v) is 5.41. The summed E-state index contributed by atoms with van der Waals surface area (Å²) < 4.78 is 16.3. The standard InChI is InChI=1S/C18H18O6/c1-3-23-11-7-13(20)18-14(21)9-16(24-17(18)8-11)10-4-5-15(22-2)12(19)6-10/h4-8,16,19-20H,3,9H2,1-2H3. The molecule has 1 unspecified atom stereocenters. The van der Waals surface area contributed by atoms with E-state index in [0.717, 1.165) is 0 Å². The van der Waals surface area contributed by atoms with Crippen molar-refractivity contribution in [1.82, 2.24) is 0 Å². The van der Waals surface area contributed by atoms with Crippen LogP contribution >= 0.6 is 0 Å². The van der Waals surface area contributed by atoms with Crippen molar-refractivity contribution < 1.29 is 29.2 Å². The number of aromatic hydroxyl groups is 2. The van der Waals surface area contributed by atoms with E-state index in [1.54, 1.807) is 18.2 Å². The van der Waals surface area contributed by atoms with Crippen LogP contribution in [0.5, 0.6) is 28.7 Å². The van der Waals surface area contributed by atoms with Gasteiger partial charge in [0.2, 0.25) is 0 Å². The highest BCUT2D eigenvalue weighted by molar-refractivity contribution is 6.02. The van der Waals surface area contributed by atoms with Gasteiger partial charge >= 0.3 is 0 Å². The molecule has 1 aliphatic rings. The normalized spacial score (nSPS) is 16.2. The van der Waals surface area contributed by atoms with Crippen LogP contribution in [-0.4, -0.2) is 29.7 Å². The van der Waals surface area contributed by atoms with Gasteiger partial charge in [0.1, 0.15) is 28.9 Å². The van der Waals surface area contributed by atoms with Gasteiger partial charge in [-0.15, -0.1) is 0 Å². The van der Waals surface area contributed by atoms with Gasteiger partial charge in [0.05, 0.1) is 20.1 Å². The monoisotopic (exact) mass is 330 g/mol. The summed E-state index contributed by atoms with van der Waals surface area (Å²) in [7, 11) is 1.46. The molecule has 3 rings (SSSR count). The van der Waals surface area contributed by atoms with Crippen molar-refractivity contribution in [2.24, 2.45) is 0 Å². The van der Waals surface area contributed by atoms with Crippen molar-refractivity contribution >= 4 is 5.78 Å². The third-order valence-electron chi connectivity index (χ3n) is 3.86. The van der Waals surface area contributed by atoms with Crippen molar-refractivity contribution in [1.29, 1.82) is 0 Å². The molecular weight excluding hydrogens is 312 g/mol. The van der Waals surface area contributed by atoms with E-state index in [1.165, 1.54) is 19.2 Å². The maximum Gasteiger partial charge on any atom is 0.174 e. The number of ether oxygens (including phenoxy) is 3. The SMILES string of the molecule is CCOc1cc(O)c2c(c1)OC(c1ccc(OC)c(O)c1)CC2=O. The van der Waals surface area contributed by atoms with Crippen molar-refractivity contribution in [3.8, 4) is 28.7 Å². The number of carbonyl (C=O) groups is 1. The lowest BCUT2D eigenvalue weighted by molar-refractivity contribution is 0.0844. The number of methoxy groups -OCH3 is 1. The molecule has 2 aromatic rings. The molecule has 0 saturated heterocycles. The molecule has 6 heteroatoms. The molecule has 1 atom stereocenters. The van der Waals surface area contributed by atoms with Gasteiger partial charge in [0.15, 0.2) is 17.3 Å². The Balaban J connectivity index is 1.96. The first kappa shape index (κ1) is 16.0. The van der Waals surface area contributed by atoms with Crippen LogP contribution < -0.4 is 14.2 Å². The number of carbonyl (C=O) groups excluding carboxylic acids is 1. The first-order valence-corrected chi connectivity index (χ1v) is 7.60. The Hall–Kier alpha value is -2.89. The number of hydrogen-bond acceptors (Lipinski definition) is 6. The lowest BCUT2D eigenvalue weighted by atomic mass is 9.95. The van der Waals surface area contributed by atoms with Gasteiger partial charge in [-0.05, 0) is 24.6 Å². The maximum absolute atomic E-state index is 12.4. The third-order valence-corrected chi connectivity index (χ3v) is 3.86. The minimum atomic E-state index is -0.557. The molecule has 0 fully saturated rings. The smallest absolute Gasteiger partial charge is 0.174 e. The molecule has 1 heterocycles. The van der Waals surface area contributed by atoms with Crippen LogP contribution in [0.1, 0.15) is 35.4 Å². The molecule has 2 N–H and O–H groups in total. The maximum atomic E-state index is 12.4. The highest BCUT2D eigenvalue weighted by atomic mass is 16.5. The molecule has 0 aliphatic carbocycles. The zero-order valence-electron chi connectivity index (χ0n) is 13.4. The van der Waals surface area contributed by atoms with Gasteiger partial charge in [0.25, 0.3) is 0 Å². The summed E-state index contributed by atoms with van der Waals surface area (Å²) in [6.45, 7) is 2.26. The van der Waals surface area contributed by atoms with Crippen LogP contribution in [0.2, 0.25) is 0 Å². The molecule has 0 amide bonds. The summed E-state index contributed by atoms with van der Waals surface area (Å²) in [5, 5.41) is 20.0. The van der Waals surface area contributed by atoms with Gasteiger partial charge in [-0.3, -0.25) is 4.79 Å². The van der Waals surface area contributed by atoms with Crippen LogP contribution in [0.15, 0.2) is 30.3 Å². The molecule has 6 nitrogen and oxygen atoms in total. The van der Waals surface area contributed by atoms with Crippen LogP contribution in [0.25, 0.3) is 0 Å². The Morgan fingerprint density at radius 2 is 2.00 bits per heavy atom. The lowest BCUT2D eigenvalue weighted by Gasteiger charge is -2.26. The number of Topliss-reactive ketones (excluding diaryl/α,β-unsaturated/α-hetero) is 1. The second kappa shape index (κ2) is 6.31. The van der Waals surface area contributed by atoms with E-state index < -0.39 is 6.10 Å². The Labute approximate surface area is 139 Å². The van der Waals surface area contributed by atoms with Crippen molar-refractivity contribution in [3.63, 3.8) is 0 Å². The number of hydrogen-bond donors (Lipinski definition) is 2. The number of fused-ring (bicyclic) bond motifs is 1. The molecule has 0 radical (unpaired) electrons. The van der Waals surface area contributed by atoms with Gasteiger partial charge < -0.3 is 24.4 Å². The average Bonchev–Trinajstić information content (AvgIpc) is 2.54. The minimum absolute atomic E-state index is 0.0252. The predicted octanol–water partition coefficient (Wildman–Crippen LogP) is 3.21. The topological polar surface area (TPSA) is 85.2 Å². The fraction of sp³-hybridized carbons (Fsp3) is 0.278. The Bertz CT molecular complexity index is 783. The van der Waals surface area contributed by atoms with Crippen LogP contribution in [0.3, 0.4) is 0 Å². The summed E-state index contributed by atoms with van der Waals surface area (Å²) in [6.07, 6.45) is -0.488. The molecule has 24 heavy (non-hydrogen) atoms. The highest BCUT2D eigenvalue weighted by Crippen LogP contribution is 2.42. The van der Waals surface area contributed by atoms with E-state index in [-0.39, 0.29) is 35.0 Å². The Morgan fingerprint density at radius 1 is 1.21 bits per heavy atom. The Kier molecular flexibility index (Phi) is 4.20. The largest absolute Gasteiger partial charge is 0.507 e. The number of phenols is 2. The number of phenolic OH excluding ortho intramolecular Hbond substituents is 2. The molecule has 126 valence electrons. The van der Waals surface area contributed by atoms with Gasteiger partial charge in [-0.25, -0.2) is 0 Å². The molecule has 2 aromatic carbocycles. The molecule has 1 aliphatic heterocycles. The van der Waals surface area contributed by atoms with E-state index in [0.29, 0.717) is 23.7 Å². The van der Waals surface area contributed by atoms with E-state index >= 15 is 0 Å². The van der Waals surface area contributed by atoms with Gasteiger partial charge in [-0.1, -0.05) is 6.07 Å². The molecule has 0 spiro atoms. The van der Waals surface area contributed by atoms with E-state index in [4.69, 9.17) is 14.2 Å². The average molecular weight is 330 g/mol. The fourth-order valence-corrected chi connectivity index (χ4v) is 2.76. The van der Waals surface area contributed by atoms with Crippen molar-refractivity contribution in [3.05, 3.63) is 41.5 Å². The predicted molar refractivity (Wildman–Crippen MR) is 86.3 cm³/mol. The highest BCUT2D eigenvalue weighted by Gasteiger charge is 2.31. The minimum Gasteiger partial charge on any atom is -0.507 e. The van der Waals surface area contributed by atoms with E-state index in [1.807, 2.05) is 6.92 Å². The first-order valence-electron chi connectivity index (χ1n) is 7.60.